The van der Waals surface area contributed by atoms with E-state index in [9.17, 15) is 38.7 Å². The summed E-state index contributed by atoms with van der Waals surface area (Å²) >= 11 is 0. The third-order valence-corrected chi connectivity index (χ3v) is 6.68. The van der Waals surface area contributed by atoms with Gasteiger partial charge in [0.25, 0.3) is 5.91 Å². The van der Waals surface area contributed by atoms with Crippen molar-refractivity contribution in [3.63, 3.8) is 0 Å². The smallest absolute Gasteiger partial charge is 0.316 e. The van der Waals surface area contributed by atoms with Gasteiger partial charge in [-0.05, 0) is 25.8 Å². The number of aliphatic hydroxyl groups is 1. The van der Waals surface area contributed by atoms with Crippen molar-refractivity contribution in [1.82, 2.24) is 42.5 Å². The predicted octanol–water partition coefficient (Wildman–Crippen LogP) is -8.62. The van der Waals surface area contributed by atoms with Gasteiger partial charge in [-0.15, -0.1) is 0 Å². The minimum atomic E-state index is -1.65. The number of guanidine groups is 1. The first-order valence-corrected chi connectivity index (χ1v) is 14.2. The van der Waals surface area contributed by atoms with E-state index in [2.05, 4.69) is 42.2 Å². The zero-order chi connectivity index (χ0) is 34.4. The van der Waals surface area contributed by atoms with E-state index in [1.54, 1.807) is 0 Å². The Labute approximate surface area is 262 Å². The van der Waals surface area contributed by atoms with Crippen LogP contribution in [0.25, 0.3) is 0 Å². The molecule has 256 valence electrons. The lowest BCUT2D eigenvalue weighted by Crippen LogP contribution is -2.62. The molecule has 0 spiro atoms. The molecule has 1 saturated heterocycles. The maximum Gasteiger partial charge on any atom is 0.316 e. The van der Waals surface area contributed by atoms with Crippen LogP contribution in [0.5, 0.6) is 0 Å². The molecule has 2 rings (SSSR count). The molecule has 0 bridgehead atoms. The minimum Gasteiger partial charge on any atom is -0.394 e. The van der Waals surface area contributed by atoms with Crippen LogP contribution in [0.15, 0.2) is 16.9 Å². The Bertz CT molecular complexity index is 1230. The van der Waals surface area contributed by atoms with Gasteiger partial charge in [0.15, 0.2) is 5.96 Å². The SMILES string of the molecule is NCCC[C@H](N)C(=O)NCC1NC(=O)[C@H](CO)NC(=O)[C@H](N)CNC(=O)C([C@H]2CCNC(N)=N2)NC(=O)/C(=C/NC(N)=O)NC1=O. The highest BCUT2D eigenvalue weighted by molar-refractivity contribution is 6.02. The van der Waals surface area contributed by atoms with E-state index in [1.165, 1.54) is 0 Å². The number of primary amides is 1. The van der Waals surface area contributed by atoms with Gasteiger partial charge in [-0.3, -0.25) is 28.8 Å². The maximum atomic E-state index is 13.4. The van der Waals surface area contributed by atoms with Crippen molar-refractivity contribution in [3.8, 4) is 0 Å². The van der Waals surface area contributed by atoms with E-state index in [0.717, 1.165) is 6.20 Å². The number of carbonyl (C=O) groups excluding carboxylic acids is 7. The monoisotopic (exact) mass is 654 g/mol. The standard InChI is InChI=1S/C24H42N14O8/c25-4-1-2-10(26)17(40)32-7-13-19(42)34-14(8-33-24(29)46)20(43)38-16(12-3-5-30-23(28)37-12)22(45)31-6-11(27)18(41)36-15(9-39)21(44)35-13/h8,10-13,15-16,39H,1-7,9,25-27H2,(H,31,45)(H,32,40)(H,34,42)(H,35,44)(H,36,41)(H,38,43)(H3,28,30,37)(H3,29,33,46)/b14-8-/t10-,11+,12+,13?,15-,16?/m0/s1. The molecule has 2 aliphatic rings. The quantitative estimate of drug-likeness (QED) is 0.103. The molecule has 2 heterocycles. The number of nitrogens with two attached hydrogens (primary N) is 5. The molecule has 0 aliphatic carbocycles. The van der Waals surface area contributed by atoms with Crippen molar-refractivity contribution in [2.24, 2.45) is 33.7 Å². The highest BCUT2D eigenvalue weighted by Gasteiger charge is 2.35. The van der Waals surface area contributed by atoms with Crippen molar-refractivity contribution in [1.29, 1.82) is 0 Å². The second kappa shape index (κ2) is 18.0. The first-order chi connectivity index (χ1) is 21.8. The number of nitrogens with one attached hydrogen (secondary N) is 8. The lowest BCUT2D eigenvalue weighted by molar-refractivity contribution is -0.134. The number of carbonyl (C=O) groups is 7. The molecule has 22 heteroatoms. The van der Waals surface area contributed by atoms with E-state index in [-0.39, 0.29) is 31.9 Å². The van der Waals surface area contributed by atoms with Gasteiger partial charge in [0, 0.05) is 25.8 Å². The number of aliphatic imine (C=N–C) groups is 1. The van der Waals surface area contributed by atoms with Crippen LogP contribution in [-0.4, -0.2) is 122 Å². The number of amides is 8. The zero-order valence-electron chi connectivity index (χ0n) is 24.8. The number of nitrogens with zero attached hydrogens (tertiary/aromatic N) is 1. The van der Waals surface area contributed by atoms with Crippen molar-refractivity contribution < 1.29 is 38.7 Å². The predicted molar refractivity (Wildman–Crippen MR) is 160 cm³/mol. The molecule has 0 radical (unpaired) electrons. The van der Waals surface area contributed by atoms with Crippen molar-refractivity contribution in [2.75, 3.05) is 32.8 Å². The maximum absolute atomic E-state index is 13.4. The Balaban J connectivity index is 2.50. The topological polar surface area (TPSA) is 378 Å². The van der Waals surface area contributed by atoms with Gasteiger partial charge in [0.2, 0.25) is 29.5 Å². The molecule has 22 nitrogen and oxygen atoms in total. The normalized spacial score (nSPS) is 26.6. The van der Waals surface area contributed by atoms with E-state index in [4.69, 9.17) is 28.7 Å². The Morgan fingerprint density at radius 2 is 1.72 bits per heavy atom. The van der Waals surface area contributed by atoms with Crippen LogP contribution in [-0.2, 0) is 28.8 Å². The van der Waals surface area contributed by atoms with E-state index >= 15 is 0 Å². The van der Waals surface area contributed by atoms with Gasteiger partial charge in [-0.2, -0.15) is 0 Å². The fourth-order valence-corrected chi connectivity index (χ4v) is 4.13. The summed E-state index contributed by atoms with van der Waals surface area (Å²) in [6.45, 7) is -1.42. The summed E-state index contributed by atoms with van der Waals surface area (Å²) in [5.74, 6) is -5.81. The number of hydrogen-bond acceptors (Lipinski definition) is 14. The fraction of sp³-hybridized carbons (Fsp3) is 0.583. The van der Waals surface area contributed by atoms with Gasteiger partial charge in [0.05, 0.1) is 18.7 Å². The van der Waals surface area contributed by atoms with Crippen LogP contribution in [0.2, 0.25) is 0 Å². The molecule has 46 heavy (non-hydrogen) atoms. The lowest BCUT2D eigenvalue weighted by Gasteiger charge is -2.29. The number of aliphatic hydroxyl groups excluding tert-OH is 1. The number of rotatable bonds is 9. The molecule has 2 unspecified atom stereocenters. The van der Waals surface area contributed by atoms with Crippen molar-refractivity contribution in [3.05, 3.63) is 11.9 Å². The van der Waals surface area contributed by atoms with Crippen molar-refractivity contribution in [2.45, 2.75) is 55.5 Å². The highest BCUT2D eigenvalue weighted by Crippen LogP contribution is 2.09. The largest absolute Gasteiger partial charge is 0.394 e. The van der Waals surface area contributed by atoms with Crippen LogP contribution in [0.1, 0.15) is 19.3 Å². The van der Waals surface area contributed by atoms with Crippen LogP contribution in [0.3, 0.4) is 0 Å². The molecule has 0 aromatic heterocycles. The summed E-state index contributed by atoms with van der Waals surface area (Å²) in [6.07, 6.45) is 1.61. The third-order valence-electron chi connectivity index (χ3n) is 6.68. The summed E-state index contributed by atoms with van der Waals surface area (Å²) in [6, 6.07) is -9.18. The van der Waals surface area contributed by atoms with Gasteiger partial charge >= 0.3 is 6.03 Å². The summed E-state index contributed by atoms with van der Waals surface area (Å²) in [5.41, 5.74) is 27.4. The molecule has 6 atom stereocenters. The van der Waals surface area contributed by atoms with Crippen LogP contribution in [0, 0.1) is 0 Å². The Kier molecular flexibility index (Phi) is 14.6. The molecule has 1 fully saturated rings. The highest BCUT2D eigenvalue weighted by atomic mass is 16.3. The summed E-state index contributed by atoms with van der Waals surface area (Å²) in [5, 5.41) is 28.5. The molecule has 8 amide bonds. The molecule has 19 N–H and O–H groups in total. The van der Waals surface area contributed by atoms with Crippen molar-refractivity contribution >= 4 is 47.4 Å². The lowest BCUT2D eigenvalue weighted by atomic mass is 10.0. The molecule has 2 aliphatic heterocycles. The van der Waals surface area contributed by atoms with Crippen LogP contribution >= 0.6 is 0 Å². The molecular weight excluding hydrogens is 612 g/mol. The summed E-state index contributed by atoms with van der Waals surface area (Å²) < 4.78 is 0. The molecular formula is C24H42N14O8. The van der Waals surface area contributed by atoms with Gasteiger partial charge in [0.1, 0.15) is 29.9 Å². The number of hydrogen-bond donors (Lipinski definition) is 14. The second-order valence-electron chi connectivity index (χ2n) is 10.2. The minimum absolute atomic E-state index is 0.0144. The van der Waals surface area contributed by atoms with Gasteiger partial charge in [-0.25, -0.2) is 9.79 Å². The Morgan fingerprint density at radius 1 is 1.02 bits per heavy atom. The zero-order valence-corrected chi connectivity index (χ0v) is 24.8. The summed E-state index contributed by atoms with van der Waals surface area (Å²) in [4.78, 5) is 93.9. The van der Waals surface area contributed by atoms with Gasteiger partial charge in [-0.1, -0.05) is 0 Å². The molecule has 0 aromatic carbocycles. The molecule has 0 aromatic rings. The van der Waals surface area contributed by atoms with E-state index < -0.39 is 103 Å². The Morgan fingerprint density at radius 3 is 2.35 bits per heavy atom. The average Bonchev–Trinajstić information content (AvgIpc) is 3.02. The average molecular weight is 655 g/mol. The van der Waals surface area contributed by atoms with E-state index in [1.807, 2.05) is 5.32 Å². The first-order valence-electron chi connectivity index (χ1n) is 14.2. The third kappa shape index (κ3) is 11.5. The van der Waals surface area contributed by atoms with Crippen LogP contribution < -0.4 is 71.2 Å². The van der Waals surface area contributed by atoms with Crippen LogP contribution in [0.4, 0.5) is 4.79 Å². The molecule has 0 saturated carbocycles. The van der Waals surface area contributed by atoms with E-state index in [0.29, 0.717) is 6.42 Å². The second-order valence-corrected chi connectivity index (χ2v) is 10.2. The summed E-state index contributed by atoms with van der Waals surface area (Å²) in [7, 11) is 0. The van der Waals surface area contributed by atoms with Gasteiger partial charge < -0.3 is 76.3 Å². The Hall–Kier alpha value is -5.06. The number of urea groups is 1. The fourth-order valence-electron chi connectivity index (χ4n) is 4.13. The first kappa shape index (κ1) is 37.1.